The Balaban J connectivity index is 1.41. The average molecular weight is 444 g/mol. The van der Waals surface area contributed by atoms with Crippen LogP contribution in [-0.4, -0.2) is 52.0 Å². The molecule has 1 aliphatic heterocycles. The number of benzene rings is 2. The van der Waals surface area contributed by atoms with Crippen LogP contribution in [0.4, 0.5) is 13.2 Å². The third-order valence-corrected chi connectivity index (χ3v) is 5.72. The molecule has 9 heteroatoms. The largest absolute Gasteiger partial charge is 0.417 e. The van der Waals surface area contributed by atoms with Gasteiger partial charge in [0.15, 0.2) is 0 Å². The molecule has 0 spiro atoms. The number of amides is 1. The minimum absolute atomic E-state index is 0.179. The van der Waals surface area contributed by atoms with Gasteiger partial charge in [0.1, 0.15) is 0 Å². The summed E-state index contributed by atoms with van der Waals surface area (Å²) in [6.07, 6.45) is -4.57. The molecule has 1 aromatic heterocycles. The number of rotatable bonds is 4. The van der Waals surface area contributed by atoms with Gasteiger partial charge in [0, 0.05) is 31.7 Å². The number of nitrogens with zero attached hydrogens (tertiary/aromatic N) is 4. The molecule has 3 aromatic rings. The highest BCUT2D eigenvalue weighted by Crippen LogP contribution is 2.32. The van der Waals surface area contributed by atoms with Gasteiger partial charge in [-0.2, -0.15) is 18.2 Å². The number of piperazine rings is 1. The fourth-order valence-corrected chi connectivity index (χ4v) is 3.78. The predicted octanol–water partition coefficient (Wildman–Crippen LogP) is 4.58. The van der Waals surface area contributed by atoms with Gasteiger partial charge >= 0.3 is 6.18 Å². The Morgan fingerprint density at radius 1 is 1.03 bits per heavy atom. The molecule has 1 fully saturated rings. The van der Waals surface area contributed by atoms with E-state index in [0.717, 1.165) is 17.2 Å². The maximum atomic E-state index is 13.3. The van der Waals surface area contributed by atoms with Gasteiger partial charge in [0.25, 0.3) is 5.91 Å². The average Bonchev–Trinajstić information content (AvgIpc) is 3.28. The van der Waals surface area contributed by atoms with Gasteiger partial charge in [-0.3, -0.25) is 9.69 Å². The summed E-state index contributed by atoms with van der Waals surface area (Å²) < 4.78 is 45.3. The second-order valence-corrected chi connectivity index (χ2v) is 7.87. The Morgan fingerprint density at radius 3 is 2.34 bits per heavy atom. The van der Waals surface area contributed by atoms with Gasteiger partial charge in [-0.25, -0.2) is 0 Å². The fourth-order valence-electron chi connectivity index (χ4n) is 3.78. The fraction of sp³-hybridized carbons (Fsp3) is 0.348. The van der Waals surface area contributed by atoms with Crippen molar-refractivity contribution in [3.05, 3.63) is 71.1 Å². The van der Waals surface area contributed by atoms with Crippen LogP contribution in [0.1, 0.15) is 40.3 Å². The van der Waals surface area contributed by atoms with E-state index < -0.39 is 17.6 Å². The summed E-state index contributed by atoms with van der Waals surface area (Å²) in [6, 6.07) is 12.5. The van der Waals surface area contributed by atoms with Crippen molar-refractivity contribution in [3.63, 3.8) is 0 Å². The topological polar surface area (TPSA) is 62.5 Å². The van der Waals surface area contributed by atoms with Gasteiger partial charge in [-0.05, 0) is 26.0 Å². The van der Waals surface area contributed by atoms with Crippen LogP contribution in [0.25, 0.3) is 11.4 Å². The molecule has 1 atom stereocenters. The van der Waals surface area contributed by atoms with Gasteiger partial charge in [0.2, 0.25) is 11.7 Å². The molecule has 6 nitrogen and oxygen atoms in total. The quantitative estimate of drug-likeness (QED) is 0.589. The molecular weight excluding hydrogens is 421 g/mol. The zero-order valence-electron chi connectivity index (χ0n) is 17.8. The van der Waals surface area contributed by atoms with E-state index in [-0.39, 0.29) is 11.6 Å². The lowest BCUT2D eigenvalue weighted by Gasteiger charge is -2.37. The van der Waals surface area contributed by atoms with Crippen LogP contribution < -0.4 is 0 Å². The SMILES string of the molecule is Cc1ccc(-c2noc([C@H](C)N3CCN(C(=O)c4ccccc4C(F)(F)F)CC3)n2)cc1. The summed E-state index contributed by atoms with van der Waals surface area (Å²) in [6.45, 7) is 5.54. The van der Waals surface area contributed by atoms with E-state index in [1.165, 1.54) is 23.1 Å². The van der Waals surface area contributed by atoms with Crippen molar-refractivity contribution in [1.29, 1.82) is 0 Å². The maximum Gasteiger partial charge on any atom is 0.417 e. The van der Waals surface area contributed by atoms with E-state index in [1.807, 2.05) is 38.1 Å². The molecule has 0 aliphatic carbocycles. The van der Waals surface area contributed by atoms with E-state index in [1.54, 1.807) is 0 Å². The predicted molar refractivity (Wildman–Crippen MR) is 112 cm³/mol. The Labute approximate surface area is 183 Å². The number of aromatic nitrogens is 2. The number of hydrogen-bond donors (Lipinski definition) is 0. The number of aryl methyl sites for hydroxylation is 1. The molecule has 4 rings (SSSR count). The molecule has 2 aromatic carbocycles. The zero-order valence-corrected chi connectivity index (χ0v) is 17.8. The molecule has 32 heavy (non-hydrogen) atoms. The first kappa shape index (κ1) is 22.0. The second kappa shape index (κ2) is 8.74. The van der Waals surface area contributed by atoms with Crippen LogP contribution >= 0.6 is 0 Å². The Hall–Kier alpha value is -3.20. The van der Waals surface area contributed by atoms with Crippen molar-refractivity contribution in [1.82, 2.24) is 19.9 Å². The highest BCUT2D eigenvalue weighted by molar-refractivity contribution is 5.96. The zero-order chi connectivity index (χ0) is 22.9. The first-order chi connectivity index (χ1) is 15.2. The standard InChI is InChI=1S/C23H23F3N4O2/c1-15-7-9-17(10-8-15)20-27-21(32-28-20)16(2)29-11-13-30(14-12-29)22(31)18-5-3-4-6-19(18)23(24,25)26/h3-10,16H,11-14H2,1-2H3/t16-/m0/s1. The lowest BCUT2D eigenvalue weighted by atomic mass is 10.1. The summed E-state index contributed by atoms with van der Waals surface area (Å²) in [4.78, 5) is 20.8. The lowest BCUT2D eigenvalue weighted by Crippen LogP contribution is -2.49. The van der Waals surface area contributed by atoms with Crippen molar-refractivity contribution in [2.24, 2.45) is 0 Å². The van der Waals surface area contributed by atoms with Crippen molar-refractivity contribution in [3.8, 4) is 11.4 Å². The molecule has 0 radical (unpaired) electrons. The highest BCUT2D eigenvalue weighted by Gasteiger charge is 2.36. The molecule has 1 amide bonds. The molecule has 168 valence electrons. The Kier molecular flexibility index (Phi) is 6.01. The molecule has 2 heterocycles. The molecule has 0 N–H and O–H groups in total. The number of halogens is 3. The van der Waals surface area contributed by atoms with Crippen molar-refractivity contribution >= 4 is 5.91 Å². The summed E-state index contributed by atoms with van der Waals surface area (Å²) in [5.41, 5.74) is 0.768. The smallest absolute Gasteiger partial charge is 0.337 e. The second-order valence-electron chi connectivity index (χ2n) is 7.87. The van der Waals surface area contributed by atoms with Crippen LogP contribution in [0.15, 0.2) is 53.1 Å². The number of carbonyl (C=O) groups is 1. The normalized spacial score (nSPS) is 16.2. The third kappa shape index (κ3) is 4.52. The number of alkyl halides is 3. The number of hydrogen-bond acceptors (Lipinski definition) is 5. The highest BCUT2D eigenvalue weighted by atomic mass is 19.4. The lowest BCUT2D eigenvalue weighted by molar-refractivity contribution is -0.138. The van der Waals surface area contributed by atoms with Crippen LogP contribution in [0.2, 0.25) is 0 Å². The molecule has 0 bridgehead atoms. The minimum atomic E-state index is -4.57. The Bertz CT molecular complexity index is 1090. The summed E-state index contributed by atoms with van der Waals surface area (Å²) >= 11 is 0. The van der Waals surface area contributed by atoms with Gasteiger partial charge in [-0.1, -0.05) is 47.1 Å². The summed E-state index contributed by atoms with van der Waals surface area (Å²) in [5.74, 6) is 0.358. The van der Waals surface area contributed by atoms with Crippen LogP contribution in [-0.2, 0) is 6.18 Å². The van der Waals surface area contributed by atoms with Crippen molar-refractivity contribution in [2.45, 2.75) is 26.1 Å². The molecule has 1 aliphatic rings. The van der Waals surface area contributed by atoms with Gasteiger partial charge in [-0.15, -0.1) is 0 Å². The molecule has 1 saturated heterocycles. The minimum Gasteiger partial charge on any atom is -0.337 e. The first-order valence-corrected chi connectivity index (χ1v) is 10.3. The van der Waals surface area contributed by atoms with Crippen LogP contribution in [0, 0.1) is 6.92 Å². The molecule has 0 saturated carbocycles. The van der Waals surface area contributed by atoms with E-state index in [4.69, 9.17) is 4.52 Å². The van der Waals surface area contributed by atoms with E-state index in [0.29, 0.717) is 37.9 Å². The summed E-state index contributed by atoms with van der Waals surface area (Å²) in [7, 11) is 0. The van der Waals surface area contributed by atoms with Gasteiger partial charge < -0.3 is 9.42 Å². The van der Waals surface area contributed by atoms with Crippen molar-refractivity contribution < 1.29 is 22.5 Å². The van der Waals surface area contributed by atoms with Crippen LogP contribution in [0.3, 0.4) is 0 Å². The molecular formula is C23H23F3N4O2. The van der Waals surface area contributed by atoms with E-state index >= 15 is 0 Å². The number of carbonyl (C=O) groups excluding carboxylic acids is 1. The Morgan fingerprint density at radius 2 is 1.69 bits per heavy atom. The third-order valence-electron chi connectivity index (χ3n) is 5.72. The van der Waals surface area contributed by atoms with Crippen molar-refractivity contribution in [2.75, 3.05) is 26.2 Å². The van der Waals surface area contributed by atoms with E-state index in [2.05, 4.69) is 15.0 Å². The monoisotopic (exact) mass is 444 g/mol. The molecule has 0 unspecified atom stereocenters. The van der Waals surface area contributed by atoms with Gasteiger partial charge in [0.05, 0.1) is 17.2 Å². The van der Waals surface area contributed by atoms with E-state index in [9.17, 15) is 18.0 Å². The summed E-state index contributed by atoms with van der Waals surface area (Å²) in [5, 5.41) is 4.06. The van der Waals surface area contributed by atoms with Crippen LogP contribution in [0.5, 0.6) is 0 Å². The maximum absolute atomic E-state index is 13.3. The first-order valence-electron chi connectivity index (χ1n) is 10.3.